The second-order valence-electron chi connectivity index (χ2n) is 8.75. The largest absolute Gasteiger partial charge is 0.416 e. The van der Waals surface area contributed by atoms with Gasteiger partial charge in [-0.2, -0.15) is 26.3 Å². The smallest absolute Gasteiger partial charge is 0.256 e. The third kappa shape index (κ3) is 5.47. The van der Waals surface area contributed by atoms with Gasteiger partial charge in [0.05, 0.1) is 16.8 Å². The first-order valence-electron chi connectivity index (χ1n) is 11.6. The molecule has 0 spiro atoms. The van der Waals surface area contributed by atoms with Gasteiger partial charge in [-0.3, -0.25) is 4.98 Å². The highest BCUT2D eigenvalue weighted by Crippen LogP contribution is 2.39. The summed E-state index contributed by atoms with van der Waals surface area (Å²) in [6.45, 7) is 0. The van der Waals surface area contributed by atoms with Crippen LogP contribution in [0.25, 0.3) is 44.6 Å². The third-order valence-electron chi connectivity index (χ3n) is 6.18. The maximum Gasteiger partial charge on any atom is 0.416 e. The number of aromatic nitrogens is 1. The molecule has 0 saturated carbocycles. The van der Waals surface area contributed by atoms with Gasteiger partial charge >= 0.3 is 12.4 Å². The molecular formula is C31H19F6N. The molecule has 1 nitrogen and oxygen atoms in total. The number of rotatable bonds is 4. The molecule has 0 aliphatic heterocycles. The molecule has 0 bridgehead atoms. The molecule has 0 radical (unpaired) electrons. The summed E-state index contributed by atoms with van der Waals surface area (Å²) in [7, 11) is 0. The van der Waals surface area contributed by atoms with E-state index in [0.717, 1.165) is 45.6 Å². The van der Waals surface area contributed by atoms with Crippen molar-refractivity contribution >= 4 is 0 Å². The van der Waals surface area contributed by atoms with Crippen LogP contribution >= 0.6 is 0 Å². The van der Waals surface area contributed by atoms with Crippen molar-refractivity contribution in [2.45, 2.75) is 12.4 Å². The standard InChI is InChI=1S/C31H19F6N/c32-30(33,34)27-17-26(18-28(19-27)31(35,36)37)22-9-7-20(8-10-22)24-4-3-5-25(16-24)21-11-13-23(14-12-21)29-6-1-2-15-38-29/h1-19H. The molecule has 0 N–H and O–H groups in total. The van der Waals surface area contributed by atoms with E-state index in [2.05, 4.69) is 4.98 Å². The molecule has 4 aromatic carbocycles. The molecule has 1 aromatic heterocycles. The Morgan fingerprint density at radius 2 is 0.868 bits per heavy atom. The van der Waals surface area contributed by atoms with Crippen molar-refractivity contribution in [1.29, 1.82) is 0 Å². The van der Waals surface area contributed by atoms with Gasteiger partial charge in [0.25, 0.3) is 0 Å². The predicted octanol–water partition coefficient (Wildman–Crippen LogP) is 9.79. The Balaban J connectivity index is 1.43. The average Bonchev–Trinajstić information content (AvgIpc) is 2.93. The van der Waals surface area contributed by atoms with E-state index in [1.165, 1.54) is 12.1 Å². The fourth-order valence-electron chi connectivity index (χ4n) is 4.22. The van der Waals surface area contributed by atoms with E-state index in [1.54, 1.807) is 18.3 Å². The molecule has 0 amide bonds. The van der Waals surface area contributed by atoms with Crippen molar-refractivity contribution in [3.05, 3.63) is 127 Å². The zero-order chi connectivity index (χ0) is 26.9. The number of alkyl halides is 6. The Hall–Kier alpha value is -4.39. The first-order valence-corrected chi connectivity index (χ1v) is 11.6. The maximum atomic E-state index is 13.3. The van der Waals surface area contributed by atoms with Crippen LogP contribution in [0.5, 0.6) is 0 Å². The second-order valence-corrected chi connectivity index (χ2v) is 8.75. The summed E-state index contributed by atoms with van der Waals surface area (Å²) in [6.07, 6.45) is -8.06. The Morgan fingerprint density at radius 3 is 1.32 bits per heavy atom. The van der Waals surface area contributed by atoms with Crippen molar-refractivity contribution < 1.29 is 26.3 Å². The van der Waals surface area contributed by atoms with E-state index in [9.17, 15) is 26.3 Å². The van der Waals surface area contributed by atoms with Crippen molar-refractivity contribution in [3.8, 4) is 44.6 Å². The SMILES string of the molecule is FC(F)(F)c1cc(-c2ccc(-c3cccc(-c4ccc(-c5ccccn5)cc4)c3)cc2)cc(C(F)(F)F)c1. The minimum absolute atomic E-state index is 0.131. The molecule has 0 fully saturated rings. The van der Waals surface area contributed by atoms with Gasteiger partial charge in [-0.05, 0) is 69.8 Å². The Labute approximate surface area is 215 Å². The summed E-state index contributed by atoms with van der Waals surface area (Å²) in [5, 5.41) is 0. The lowest BCUT2D eigenvalue weighted by atomic mass is 9.95. The van der Waals surface area contributed by atoms with Crippen molar-refractivity contribution in [3.63, 3.8) is 0 Å². The van der Waals surface area contributed by atoms with Gasteiger partial charge in [0, 0.05) is 11.8 Å². The van der Waals surface area contributed by atoms with Gasteiger partial charge < -0.3 is 0 Å². The van der Waals surface area contributed by atoms with E-state index in [4.69, 9.17) is 0 Å². The molecule has 0 saturated heterocycles. The van der Waals surface area contributed by atoms with Gasteiger partial charge in [0.2, 0.25) is 0 Å². The van der Waals surface area contributed by atoms with Crippen LogP contribution in [-0.4, -0.2) is 4.98 Å². The summed E-state index contributed by atoms with van der Waals surface area (Å²) >= 11 is 0. The van der Waals surface area contributed by atoms with E-state index >= 15 is 0 Å². The third-order valence-corrected chi connectivity index (χ3v) is 6.18. The monoisotopic (exact) mass is 519 g/mol. The molecule has 190 valence electrons. The lowest BCUT2D eigenvalue weighted by Crippen LogP contribution is -2.11. The van der Waals surface area contributed by atoms with Gasteiger partial charge in [-0.15, -0.1) is 0 Å². The number of nitrogens with zero attached hydrogens (tertiary/aromatic N) is 1. The number of halogens is 6. The summed E-state index contributed by atoms with van der Waals surface area (Å²) < 4.78 is 79.5. The van der Waals surface area contributed by atoms with E-state index in [-0.39, 0.29) is 17.2 Å². The van der Waals surface area contributed by atoms with E-state index in [0.29, 0.717) is 0 Å². The van der Waals surface area contributed by atoms with Crippen LogP contribution in [0, 0.1) is 0 Å². The lowest BCUT2D eigenvalue weighted by Gasteiger charge is -2.14. The molecule has 0 aliphatic carbocycles. The molecule has 1 heterocycles. The first kappa shape index (κ1) is 25.3. The van der Waals surface area contributed by atoms with Crippen LogP contribution in [0.15, 0.2) is 115 Å². The molecule has 5 aromatic rings. The van der Waals surface area contributed by atoms with Crippen LogP contribution < -0.4 is 0 Å². The highest BCUT2D eigenvalue weighted by molar-refractivity contribution is 5.76. The Morgan fingerprint density at radius 1 is 0.395 bits per heavy atom. The number of hydrogen-bond acceptors (Lipinski definition) is 1. The van der Waals surface area contributed by atoms with E-state index < -0.39 is 23.5 Å². The quantitative estimate of drug-likeness (QED) is 0.215. The molecule has 38 heavy (non-hydrogen) atoms. The highest BCUT2D eigenvalue weighted by atomic mass is 19.4. The molecule has 5 rings (SSSR count). The fourth-order valence-corrected chi connectivity index (χ4v) is 4.22. The zero-order valence-electron chi connectivity index (χ0n) is 19.7. The molecule has 0 atom stereocenters. The minimum atomic E-state index is -4.90. The first-order chi connectivity index (χ1) is 18.1. The number of pyridine rings is 1. The molecular weight excluding hydrogens is 500 g/mol. The predicted molar refractivity (Wildman–Crippen MR) is 136 cm³/mol. The van der Waals surface area contributed by atoms with Crippen molar-refractivity contribution in [2.75, 3.05) is 0 Å². The van der Waals surface area contributed by atoms with Crippen LogP contribution in [0.4, 0.5) is 26.3 Å². The Kier molecular flexibility index (Phi) is 6.53. The zero-order valence-corrected chi connectivity index (χ0v) is 19.7. The van der Waals surface area contributed by atoms with Crippen molar-refractivity contribution in [1.82, 2.24) is 4.98 Å². The molecule has 0 unspecified atom stereocenters. The summed E-state index contributed by atoms with van der Waals surface area (Å²) in [4.78, 5) is 4.36. The van der Waals surface area contributed by atoms with Gasteiger partial charge in [0.1, 0.15) is 0 Å². The van der Waals surface area contributed by atoms with Crippen LogP contribution in [0.3, 0.4) is 0 Å². The van der Waals surface area contributed by atoms with Crippen LogP contribution in [0.2, 0.25) is 0 Å². The summed E-state index contributed by atoms with van der Waals surface area (Å²) in [5.74, 6) is 0. The molecule has 7 heteroatoms. The highest BCUT2D eigenvalue weighted by Gasteiger charge is 2.37. The second kappa shape index (κ2) is 9.82. The lowest BCUT2D eigenvalue weighted by molar-refractivity contribution is -0.143. The van der Waals surface area contributed by atoms with E-state index in [1.807, 2.05) is 66.7 Å². The Bertz CT molecular complexity index is 1520. The summed E-state index contributed by atoms with van der Waals surface area (Å²) in [5.41, 5.74) is 2.89. The van der Waals surface area contributed by atoms with Gasteiger partial charge in [0.15, 0.2) is 0 Å². The van der Waals surface area contributed by atoms with Crippen LogP contribution in [-0.2, 0) is 12.4 Å². The number of benzene rings is 4. The van der Waals surface area contributed by atoms with Gasteiger partial charge in [-0.1, -0.05) is 72.8 Å². The average molecular weight is 519 g/mol. The number of hydrogen-bond donors (Lipinski definition) is 0. The normalized spacial score (nSPS) is 11.9. The minimum Gasteiger partial charge on any atom is -0.256 e. The topological polar surface area (TPSA) is 12.9 Å². The summed E-state index contributed by atoms with van der Waals surface area (Å²) in [6, 6.07) is 29.5. The molecule has 0 aliphatic rings. The van der Waals surface area contributed by atoms with Crippen molar-refractivity contribution in [2.24, 2.45) is 0 Å². The maximum absolute atomic E-state index is 13.3. The fraction of sp³-hybridized carbons (Fsp3) is 0.0645. The van der Waals surface area contributed by atoms with Crippen LogP contribution in [0.1, 0.15) is 11.1 Å². The van der Waals surface area contributed by atoms with Gasteiger partial charge in [-0.25, -0.2) is 0 Å².